The van der Waals surface area contributed by atoms with Gasteiger partial charge in [-0.25, -0.2) is 0 Å². The van der Waals surface area contributed by atoms with Crippen molar-refractivity contribution >= 4 is 21.5 Å². The second-order valence-corrected chi connectivity index (χ2v) is 11.6. The van der Waals surface area contributed by atoms with Crippen LogP contribution < -0.4 is 0 Å². The van der Waals surface area contributed by atoms with Gasteiger partial charge in [-0.2, -0.15) is 0 Å². The summed E-state index contributed by atoms with van der Waals surface area (Å²) in [6.07, 6.45) is 0. The zero-order chi connectivity index (χ0) is 29.0. The topological polar surface area (TPSA) is 0 Å². The minimum atomic E-state index is 1.23. The molecule has 44 heavy (non-hydrogen) atoms. The molecule has 0 amide bonds. The Morgan fingerprint density at radius 3 is 0.955 bits per heavy atom. The van der Waals surface area contributed by atoms with Gasteiger partial charge in [-0.3, -0.25) is 0 Å². The van der Waals surface area contributed by atoms with Gasteiger partial charge in [0.05, 0.1) is 0 Å². The van der Waals surface area contributed by atoms with E-state index in [1.807, 2.05) is 0 Å². The third-order valence-corrected chi connectivity index (χ3v) is 9.24. The molecule has 0 atom stereocenters. The monoisotopic (exact) mass is 556 g/mol. The van der Waals surface area contributed by atoms with Crippen molar-refractivity contribution < 1.29 is 0 Å². The third-order valence-electron chi connectivity index (χ3n) is 9.24. The van der Waals surface area contributed by atoms with Crippen LogP contribution >= 0.6 is 0 Å². The molecule has 0 bridgehead atoms. The van der Waals surface area contributed by atoms with Crippen molar-refractivity contribution in [1.82, 2.24) is 0 Å². The van der Waals surface area contributed by atoms with E-state index in [2.05, 4.69) is 170 Å². The molecule has 0 heteroatoms. The molecule has 0 heterocycles. The number of hydrogen-bond acceptors (Lipinski definition) is 0. The first-order chi connectivity index (χ1) is 21.9. The molecule has 8 aromatic rings. The summed E-state index contributed by atoms with van der Waals surface area (Å²) < 4.78 is 0. The highest BCUT2D eigenvalue weighted by Crippen LogP contribution is 2.50. The van der Waals surface area contributed by atoms with E-state index in [0.717, 1.165) is 0 Å². The van der Waals surface area contributed by atoms with Crippen molar-refractivity contribution in [1.29, 1.82) is 0 Å². The van der Waals surface area contributed by atoms with Crippen LogP contribution in [0.1, 0.15) is 0 Å². The predicted molar refractivity (Wildman–Crippen MR) is 188 cm³/mol. The molecular weight excluding hydrogens is 528 g/mol. The van der Waals surface area contributed by atoms with E-state index >= 15 is 0 Å². The molecule has 1 aliphatic rings. The fourth-order valence-electron chi connectivity index (χ4n) is 7.37. The van der Waals surface area contributed by atoms with Crippen molar-refractivity contribution in [3.8, 4) is 66.8 Å². The standard InChI is InChI=1S/C44H28/c1-2-14-29(15-3-1)43-38-22-10-12-24-40(38)44(41-25-13-11-23-39(41)43)30-26-27-37-35-20-7-6-18-33(35)31-16-4-5-17-32(31)34-19-8-9-21-36(34)42(37)28-30/h1-28H. The van der Waals surface area contributed by atoms with Gasteiger partial charge in [-0.05, 0) is 94.4 Å². The molecule has 0 aromatic heterocycles. The van der Waals surface area contributed by atoms with Crippen LogP contribution in [0, 0.1) is 0 Å². The SMILES string of the molecule is c1ccc(-c2c3ccccc3c(-c3ccc4c(c3)-c3ccccc3-c3ccccc3-c3ccccc3-4)c3ccccc23)cc1. The Balaban J connectivity index is 1.39. The maximum absolute atomic E-state index is 2.44. The third kappa shape index (κ3) is 3.71. The number of rotatable bonds is 2. The molecule has 0 unspecified atom stereocenters. The van der Waals surface area contributed by atoms with Gasteiger partial charge in [-0.15, -0.1) is 0 Å². The van der Waals surface area contributed by atoms with Crippen LogP contribution in [0.25, 0.3) is 88.3 Å². The molecule has 0 radical (unpaired) electrons. The molecule has 8 aromatic carbocycles. The summed E-state index contributed by atoms with van der Waals surface area (Å²) in [5.41, 5.74) is 15.2. The van der Waals surface area contributed by atoms with Gasteiger partial charge in [0, 0.05) is 0 Å². The fourth-order valence-corrected chi connectivity index (χ4v) is 7.37. The van der Waals surface area contributed by atoms with E-state index in [9.17, 15) is 0 Å². The lowest BCUT2D eigenvalue weighted by Gasteiger charge is -2.24. The van der Waals surface area contributed by atoms with Gasteiger partial charge in [0.25, 0.3) is 0 Å². The van der Waals surface area contributed by atoms with Crippen molar-refractivity contribution in [3.63, 3.8) is 0 Å². The van der Waals surface area contributed by atoms with E-state index in [1.54, 1.807) is 0 Å². The van der Waals surface area contributed by atoms with E-state index in [1.165, 1.54) is 88.3 Å². The van der Waals surface area contributed by atoms with Gasteiger partial charge >= 0.3 is 0 Å². The number of fused-ring (bicyclic) bond motifs is 10. The van der Waals surface area contributed by atoms with Crippen molar-refractivity contribution in [2.45, 2.75) is 0 Å². The average molecular weight is 557 g/mol. The first-order valence-electron chi connectivity index (χ1n) is 15.3. The van der Waals surface area contributed by atoms with Gasteiger partial charge < -0.3 is 0 Å². The van der Waals surface area contributed by atoms with Crippen LogP contribution in [0.2, 0.25) is 0 Å². The lowest BCUT2D eigenvalue weighted by atomic mass is 9.79. The molecule has 9 rings (SSSR count). The lowest BCUT2D eigenvalue weighted by Crippen LogP contribution is -1.97. The largest absolute Gasteiger partial charge is 0.0622 e. The molecule has 0 spiro atoms. The summed E-state index contributed by atoms with van der Waals surface area (Å²) in [4.78, 5) is 0. The molecule has 0 N–H and O–H groups in total. The fraction of sp³-hybridized carbons (Fsp3) is 0. The Labute approximate surface area is 257 Å². The van der Waals surface area contributed by atoms with E-state index in [0.29, 0.717) is 0 Å². The van der Waals surface area contributed by atoms with Crippen LogP contribution in [0.15, 0.2) is 170 Å². The summed E-state index contributed by atoms with van der Waals surface area (Å²) in [5, 5.41) is 5.10. The maximum Gasteiger partial charge on any atom is -0.00261 e. The van der Waals surface area contributed by atoms with Crippen molar-refractivity contribution in [2.24, 2.45) is 0 Å². The Hall–Kier alpha value is -5.72. The van der Waals surface area contributed by atoms with Crippen molar-refractivity contribution in [2.75, 3.05) is 0 Å². The van der Waals surface area contributed by atoms with Gasteiger partial charge in [-0.1, -0.05) is 164 Å². The zero-order valence-electron chi connectivity index (χ0n) is 24.2. The summed E-state index contributed by atoms with van der Waals surface area (Å²) in [7, 11) is 0. The maximum atomic E-state index is 2.44. The molecule has 204 valence electrons. The number of benzene rings is 8. The summed E-state index contributed by atoms with van der Waals surface area (Å²) in [5.74, 6) is 0. The first-order valence-corrected chi connectivity index (χ1v) is 15.3. The second kappa shape index (κ2) is 9.93. The van der Waals surface area contributed by atoms with Crippen LogP contribution in [0.3, 0.4) is 0 Å². The Kier molecular flexibility index (Phi) is 5.61. The molecule has 0 saturated carbocycles. The van der Waals surface area contributed by atoms with E-state index < -0.39 is 0 Å². The van der Waals surface area contributed by atoms with Gasteiger partial charge in [0.15, 0.2) is 0 Å². The van der Waals surface area contributed by atoms with Crippen molar-refractivity contribution in [3.05, 3.63) is 170 Å². The Morgan fingerprint density at radius 2 is 0.523 bits per heavy atom. The molecule has 0 fully saturated rings. The normalized spacial score (nSPS) is 11.6. The van der Waals surface area contributed by atoms with Crippen LogP contribution in [0.5, 0.6) is 0 Å². The highest BCUT2D eigenvalue weighted by Gasteiger charge is 2.23. The number of hydrogen-bond donors (Lipinski definition) is 0. The minimum Gasteiger partial charge on any atom is -0.0622 e. The first kappa shape index (κ1) is 24.8. The molecular formula is C44H28. The molecule has 0 aliphatic heterocycles. The lowest BCUT2D eigenvalue weighted by molar-refractivity contribution is 1.52. The quantitative estimate of drug-likeness (QED) is 0.186. The summed E-state index contributed by atoms with van der Waals surface area (Å²) in [6, 6.07) is 62.4. The van der Waals surface area contributed by atoms with Gasteiger partial charge in [0.2, 0.25) is 0 Å². The van der Waals surface area contributed by atoms with Crippen LogP contribution in [0.4, 0.5) is 0 Å². The highest BCUT2D eigenvalue weighted by molar-refractivity contribution is 6.21. The summed E-state index contributed by atoms with van der Waals surface area (Å²) in [6.45, 7) is 0. The molecule has 1 aliphatic carbocycles. The predicted octanol–water partition coefficient (Wildman–Crippen LogP) is 12.3. The zero-order valence-corrected chi connectivity index (χ0v) is 24.2. The second-order valence-electron chi connectivity index (χ2n) is 11.6. The Morgan fingerprint density at radius 1 is 0.205 bits per heavy atom. The van der Waals surface area contributed by atoms with Gasteiger partial charge in [0.1, 0.15) is 0 Å². The smallest absolute Gasteiger partial charge is 0.00261 e. The average Bonchev–Trinajstić information content (AvgIpc) is 3.10. The minimum absolute atomic E-state index is 1.23. The molecule has 0 nitrogen and oxygen atoms in total. The molecule has 0 saturated heterocycles. The van der Waals surface area contributed by atoms with E-state index in [4.69, 9.17) is 0 Å². The Bertz CT molecular complexity index is 2310. The summed E-state index contributed by atoms with van der Waals surface area (Å²) >= 11 is 0. The van der Waals surface area contributed by atoms with E-state index in [-0.39, 0.29) is 0 Å². The van der Waals surface area contributed by atoms with Crippen LogP contribution in [-0.2, 0) is 0 Å². The van der Waals surface area contributed by atoms with Crippen LogP contribution in [-0.4, -0.2) is 0 Å². The highest BCUT2D eigenvalue weighted by atomic mass is 14.3.